The average Bonchev–Trinajstić information content (AvgIpc) is 2.37. The molecule has 0 aliphatic carbocycles. The van der Waals surface area contributed by atoms with E-state index in [4.69, 9.17) is 15.5 Å². The second-order valence-corrected chi connectivity index (χ2v) is 3.65. The zero-order valence-corrected chi connectivity index (χ0v) is 9.66. The summed E-state index contributed by atoms with van der Waals surface area (Å²) in [6.45, 7) is 0. The molecule has 0 heterocycles. The van der Waals surface area contributed by atoms with Crippen LogP contribution in [0.1, 0.15) is 22.3 Å². The van der Waals surface area contributed by atoms with E-state index in [2.05, 4.69) is 5.32 Å². The molecule has 0 radical (unpaired) electrons. The number of nitrogens with one attached hydrogen (secondary N) is 1. The molecule has 0 aliphatic heterocycles. The van der Waals surface area contributed by atoms with Crippen molar-refractivity contribution in [3.8, 4) is 6.07 Å². The van der Waals surface area contributed by atoms with Gasteiger partial charge < -0.3 is 15.5 Å². The third-order valence-corrected chi connectivity index (χ3v) is 2.26. The molecule has 0 aromatic heterocycles. The van der Waals surface area contributed by atoms with Crippen LogP contribution in [-0.4, -0.2) is 34.1 Å². The molecule has 0 bridgehead atoms. The van der Waals surface area contributed by atoms with Gasteiger partial charge in [0.05, 0.1) is 18.1 Å². The van der Waals surface area contributed by atoms with Gasteiger partial charge in [0.2, 0.25) is 0 Å². The number of carboxylic acids is 2. The van der Waals surface area contributed by atoms with E-state index in [1.54, 1.807) is 0 Å². The lowest BCUT2D eigenvalue weighted by atomic mass is 10.1. The number of carbonyl (C=O) groups excluding carboxylic acids is 1. The summed E-state index contributed by atoms with van der Waals surface area (Å²) in [7, 11) is 0. The molecule has 7 heteroatoms. The van der Waals surface area contributed by atoms with Gasteiger partial charge in [-0.2, -0.15) is 5.26 Å². The molecule has 0 fully saturated rings. The van der Waals surface area contributed by atoms with Crippen molar-refractivity contribution >= 4 is 17.8 Å². The summed E-state index contributed by atoms with van der Waals surface area (Å²) in [5.74, 6) is -3.46. The topological polar surface area (TPSA) is 127 Å². The SMILES string of the molecule is N#Cc1ccc(C(=O)NC(CC(=O)O)C(=O)O)cc1. The van der Waals surface area contributed by atoms with E-state index >= 15 is 0 Å². The van der Waals surface area contributed by atoms with Crippen LogP contribution in [0.4, 0.5) is 0 Å². The highest BCUT2D eigenvalue weighted by molar-refractivity contribution is 5.97. The van der Waals surface area contributed by atoms with Gasteiger partial charge in [-0.25, -0.2) is 4.79 Å². The van der Waals surface area contributed by atoms with Crippen LogP contribution in [0.25, 0.3) is 0 Å². The first-order valence-corrected chi connectivity index (χ1v) is 5.19. The highest BCUT2D eigenvalue weighted by atomic mass is 16.4. The van der Waals surface area contributed by atoms with Gasteiger partial charge in [0.1, 0.15) is 6.04 Å². The van der Waals surface area contributed by atoms with E-state index in [1.807, 2.05) is 6.07 Å². The fourth-order valence-electron chi connectivity index (χ4n) is 1.31. The van der Waals surface area contributed by atoms with Crippen LogP contribution < -0.4 is 5.32 Å². The van der Waals surface area contributed by atoms with Crippen molar-refractivity contribution in [3.63, 3.8) is 0 Å². The first kappa shape index (κ1) is 14.2. The second kappa shape index (κ2) is 6.16. The molecule has 98 valence electrons. The minimum absolute atomic E-state index is 0.149. The average molecular weight is 262 g/mol. The van der Waals surface area contributed by atoms with Crippen LogP contribution in [0.5, 0.6) is 0 Å². The fraction of sp³-hybridized carbons (Fsp3) is 0.167. The fourth-order valence-corrected chi connectivity index (χ4v) is 1.31. The highest BCUT2D eigenvalue weighted by Crippen LogP contribution is 2.04. The standard InChI is InChI=1S/C12H10N2O5/c13-6-7-1-3-8(4-2-7)11(17)14-9(12(18)19)5-10(15)16/h1-4,9H,5H2,(H,14,17)(H,15,16)(H,18,19). The molecule has 3 N–H and O–H groups in total. The Morgan fingerprint density at radius 1 is 1.21 bits per heavy atom. The van der Waals surface area contributed by atoms with Gasteiger partial charge in [-0.05, 0) is 24.3 Å². The largest absolute Gasteiger partial charge is 0.481 e. The van der Waals surface area contributed by atoms with Crippen LogP contribution in [-0.2, 0) is 9.59 Å². The maximum atomic E-state index is 11.7. The zero-order chi connectivity index (χ0) is 14.4. The minimum Gasteiger partial charge on any atom is -0.481 e. The maximum absolute atomic E-state index is 11.7. The Bertz CT molecular complexity index is 544. The summed E-state index contributed by atoms with van der Waals surface area (Å²) in [6, 6.07) is 5.89. The number of nitrogens with zero attached hydrogens (tertiary/aromatic N) is 1. The predicted octanol–water partition coefficient (Wildman–Crippen LogP) is 0.216. The number of carboxylic acid groups (broad SMARTS) is 2. The summed E-state index contributed by atoms with van der Waals surface area (Å²) >= 11 is 0. The quantitative estimate of drug-likeness (QED) is 0.696. The number of rotatable bonds is 5. The van der Waals surface area contributed by atoms with Crippen molar-refractivity contribution in [1.29, 1.82) is 5.26 Å². The smallest absolute Gasteiger partial charge is 0.326 e. The van der Waals surface area contributed by atoms with Gasteiger partial charge in [0.15, 0.2) is 0 Å². The summed E-state index contributed by atoms with van der Waals surface area (Å²) in [6.07, 6.45) is -0.711. The number of amides is 1. The van der Waals surface area contributed by atoms with Crippen molar-refractivity contribution in [1.82, 2.24) is 5.32 Å². The predicted molar refractivity (Wildman–Crippen MR) is 62.3 cm³/mol. The van der Waals surface area contributed by atoms with E-state index in [1.165, 1.54) is 24.3 Å². The maximum Gasteiger partial charge on any atom is 0.326 e. The number of nitriles is 1. The summed E-state index contributed by atoms with van der Waals surface area (Å²) in [5, 5.41) is 28.0. The molecule has 0 saturated carbocycles. The number of carbonyl (C=O) groups is 3. The van der Waals surface area contributed by atoms with Gasteiger partial charge in [-0.15, -0.1) is 0 Å². The number of hydrogen-bond acceptors (Lipinski definition) is 4. The van der Waals surface area contributed by atoms with Gasteiger partial charge in [0, 0.05) is 5.56 Å². The first-order chi connectivity index (χ1) is 8.93. The van der Waals surface area contributed by atoms with Crippen molar-refractivity contribution in [2.75, 3.05) is 0 Å². The molecule has 0 saturated heterocycles. The van der Waals surface area contributed by atoms with Crippen LogP contribution in [0.2, 0.25) is 0 Å². The Balaban J connectivity index is 2.78. The molecule has 1 unspecified atom stereocenters. The van der Waals surface area contributed by atoms with Gasteiger partial charge in [-0.1, -0.05) is 0 Å². The Morgan fingerprint density at radius 2 is 1.79 bits per heavy atom. The van der Waals surface area contributed by atoms with Crippen LogP contribution in [0.15, 0.2) is 24.3 Å². The Morgan fingerprint density at radius 3 is 2.21 bits per heavy atom. The van der Waals surface area contributed by atoms with Crippen molar-refractivity contribution < 1.29 is 24.6 Å². The normalized spacial score (nSPS) is 11.1. The van der Waals surface area contributed by atoms with Gasteiger partial charge in [-0.3, -0.25) is 9.59 Å². The van der Waals surface area contributed by atoms with E-state index in [0.717, 1.165) is 0 Å². The number of benzene rings is 1. The summed E-state index contributed by atoms with van der Waals surface area (Å²) in [4.78, 5) is 32.9. The summed E-state index contributed by atoms with van der Waals surface area (Å²) in [5.41, 5.74) is 0.507. The monoisotopic (exact) mass is 262 g/mol. The van der Waals surface area contributed by atoms with E-state index in [-0.39, 0.29) is 5.56 Å². The lowest BCUT2D eigenvalue weighted by Crippen LogP contribution is -2.42. The molecule has 0 spiro atoms. The number of aliphatic carboxylic acids is 2. The highest BCUT2D eigenvalue weighted by Gasteiger charge is 2.23. The minimum atomic E-state index is -1.50. The van der Waals surface area contributed by atoms with E-state index < -0.39 is 30.3 Å². The zero-order valence-electron chi connectivity index (χ0n) is 9.66. The van der Waals surface area contributed by atoms with E-state index in [0.29, 0.717) is 5.56 Å². The van der Waals surface area contributed by atoms with E-state index in [9.17, 15) is 14.4 Å². The second-order valence-electron chi connectivity index (χ2n) is 3.65. The molecule has 1 rings (SSSR count). The van der Waals surface area contributed by atoms with Crippen molar-refractivity contribution in [2.24, 2.45) is 0 Å². The Kier molecular flexibility index (Phi) is 4.60. The third-order valence-electron chi connectivity index (χ3n) is 2.26. The molecular formula is C12H10N2O5. The lowest BCUT2D eigenvalue weighted by molar-refractivity contribution is -0.145. The Labute approximate surface area is 108 Å². The Hall–Kier alpha value is -2.88. The molecule has 0 aliphatic rings. The van der Waals surface area contributed by atoms with Crippen LogP contribution >= 0.6 is 0 Å². The van der Waals surface area contributed by atoms with Crippen LogP contribution in [0.3, 0.4) is 0 Å². The van der Waals surface area contributed by atoms with Crippen LogP contribution in [0, 0.1) is 11.3 Å². The molecule has 1 aromatic rings. The molecule has 1 amide bonds. The molecule has 19 heavy (non-hydrogen) atoms. The summed E-state index contributed by atoms with van der Waals surface area (Å²) < 4.78 is 0. The molecule has 1 atom stereocenters. The number of hydrogen-bond donors (Lipinski definition) is 3. The first-order valence-electron chi connectivity index (χ1n) is 5.19. The molecule has 7 nitrogen and oxygen atoms in total. The third kappa shape index (κ3) is 4.12. The van der Waals surface area contributed by atoms with Crippen molar-refractivity contribution in [3.05, 3.63) is 35.4 Å². The van der Waals surface area contributed by atoms with Gasteiger partial charge in [0.25, 0.3) is 5.91 Å². The molecule has 1 aromatic carbocycles. The molecular weight excluding hydrogens is 252 g/mol. The lowest BCUT2D eigenvalue weighted by Gasteiger charge is -2.12. The van der Waals surface area contributed by atoms with Crippen molar-refractivity contribution in [2.45, 2.75) is 12.5 Å². The van der Waals surface area contributed by atoms with Gasteiger partial charge >= 0.3 is 11.9 Å².